The molecule has 2 N–H and O–H groups in total. The average molecular weight is 641 g/mol. The number of amides is 1. The average Bonchev–Trinajstić information content (AvgIpc) is 3.62. The molecule has 13 heteroatoms. The van der Waals surface area contributed by atoms with Crippen LogP contribution in [0.4, 0.5) is 11.6 Å². The number of carbonyl (C=O) groups excluding carboxylic acids is 1. The molecule has 0 unspecified atom stereocenters. The fourth-order valence-corrected chi connectivity index (χ4v) is 7.84. The van der Waals surface area contributed by atoms with Crippen LogP contribution in [0, 0.1) is 20.4 Å². The number of hydrogen-bond donors (Lipinski definition) is 1. The van der Waals surface area contributed by atoms with Crippen LogP contribution in [-0.4, -0.2) is 70.9 Å². The van der Waals surface area contributed by atoms with Crippen LogP contribution in [0.5, 0.6) is 0 Å². The van der Waals surface area contributed by atoms with Gasteiger partial charge in [0.05, 0.1) is 22.7 Å². The number of carbonyl (C=O) groups is 1. The lowest BCUT2D eigenvalue weighted by Gasteiger charge is -2.34. The van der Waals surface area contributed by atoms with Gasteiger partial charge >= 0.3 is 0 Å². The highest BCUT2D eigenvalue weighted by Crippen LogP contribution is 2.31. The maximum absolute atomic E-state index is 13.6. The summed E-state index contributed by atoms with van der Waals surface area (Å²) < 4.78 is 28.5. The molecule has 1 aliphatic heterocycles. The number of fused-ring (bicyclic) bond motifs is 1. The van der Waals surface area contributed by atoms with E-state index in [1.165, 1.54) is 15.3 Å². The predicted octanol–water partition coefficient (Wildman–Crippen LogP) is 4.81. The standard InChI is InChI=1S/C32H32N8O3S2/c1-21-6-9-26(10-7-21)45(42,43)40-20-23(27-17-25(34-3)8-11-28(27)40)5-4-12-38-13-15-39(16-14-38)32-35-18-24(19-36-32)31-37-22(2)29(44-31)30(33)41/h6-11,17-20H,4-5,12-16H2,1-2H3,(H2,33,41). The van der Waals surface area contributed by atoms with E-state index in [1.54, 1.807) is 68.0 Å². The zero-order chi connectivity index (χ0) is 31.7. The number of nitrogens with zero attached hydrogens (tertiary/aromatic N) is 7. The summed E-state index contributed by atoms with van der Waals surface area (Å²) in [5.41, 5.74) is 9.75. The number of thiazole rings is 1. The fraction of sp³-hybridized carbons (Fsp3) is 0.281. The SMILES string of the molecule is [C-]#[N+]c1ccc2c(c1)c(CCCN1CCN(c3ncc(-c4nc(C)c(C(N)=O)s4)cn3)CC1)cn2S(=O)(=O)c1ccc(C)cc1. The summed E-state index contributed by atoms with van der Waals surface area (Å²) in [6.45, 7) is 15.3. The minimum absolute atomic E-state index is 0.234. The van der Waals surface area contributed by atoms with Gasteiger partial charge in [0.2, 0.25) is 5.95 Å². The van der Waals surface area contributed by atoms with Crippen LogP contribution < -0.4 is 10.6 Å². The Morgan fingerprint density at radius 3 is 2.40 bits per heavy atom. The maximum Gasteiger partial charge on any atom is 0.268 e. The van der Waals surface area contributed by atoms with Crippen LogP contribution in [0.25, 0.3) is 26.3 Å². The Kier molecular flexibility index (Phi) is 8.37. The fourth-order valence-electron chi connectivity index (χ4n) is 5.55. The molecule has 0 radical (unpaired) electrons. The van der Waals surface area contributed by atoms with Crippen molar-refractivity contribution in [3.05, 3.63) is 94.2 Å². The molecule has 230 valence electrons. The van der Waals surface area contributed by atoms with Gasteiger partial charge in [-0.05, 0) is 68.4 Å². The molecule has 1 amide bonds. The Balaban J connectivity index is 1.09. The van der Waals surface area contributed by atoms with E-state index < -0.39 is 15.9 Å². The van der Waals surface area contributed by atoms with Gasteiger partial charge in [0.1, 0.15) is 9.88 Å². The number of hydrogen-bond acceptors (Lipinski definition) is 9. The second-order valence-electron chi connectivity index (χ2n) is 11.1. The number of piperazine rings is 1. The second kappa shape index (κ2) is 12.4. The lowest BCUT2D eigenvalue weighted by atomic mass is 10.1. The molecule has 0 bridgehead atoms. The molecule has 0 atom stereocenters. The molecule has 11 nitrogen and oxygen atoms in total. The summed E-state index contributed by atoms with van der Waals surface area (Å²) in [6.07, 6.45) is 6.71. The molecule has 4 heterocycles. The first-order valence-electron chi connectivity index (χ1n) is 14.5. The Morgan fingerprint density at radius 2 is 1.76 bits per heavy atom. The van der Waals surface area contributed by atoms with E-state index in [-0.39, 0.29) is 4.90 Å². The van der Waals surface area contributed by atoms with Gasteiger partial charge in [-0.25, -0.2) is 32.2 Å². The van der Waals surface area contributed by atoms with Gasteiger partial charge in [0, 0.05) is 50.3 Å². The van der Waals surface area contributed by atoms with Crippen molar-refractivity contribution in [1.29, 1.82) is 0 Å². The van der Waals surface area contributed by atoms with Crippen molar-refractivity contribution in [3.8, 4) is 10.6 Å². The molecule has 1 fully saturated rings. The minimum atomic E-state index is -3.79. The summed E-state index contributed by atoms with van der Waals surface area (Å²) in [4.78, 5) is 33.9. The number of benzene rings is 2. The van der Waals surface area contributed by atoms with Crippen LogP contribution in [0.1, 0.15) is 32.9 Å². The Bertz CT molecular complexity index is 2020. The largest absolute Gasteiger partial charge is 0.365 e. The van der Waals surface area contributed by atoms with Crippen LogP contribution in [0.3, 0.4) is 0 Å². The summed E-state index contributed by atoms with van der Waals surface area (Å²) in [5.74, 6) is 0.165. The van der Waals surface area contributed by atoms with Crippen LogP contribution in [-0.2, 0) is 16.4 Å². The third kappa shape index (κ3) is 6.17. The summed E-state index contributed by atoms with van der Waals surface area (Å²) in [5, 5.41) is 1.46. The number of primary amides is 1. The van der Waals surface area contributed by atoms with E-state index in [0.717, 1.165) is 61.2 Å². The second-order valence-corrected chi connectivity index (χ2v) is 13.9. The van der Waals surface area contributed by atoms with E-state index >= 15 is 0 Å². The lowest BCUT2D eigenvalue weighted by Crippen LogP contribution is -2.47. The van der Waals surface area contributed by atoms with Gasteiger partial charge in [-0.2, -0.15) is 0 Å². The van der Waals surface area contributed by atoms with E-state index in [1.807, 2.05) is 6.92 Å². The Labute approximate surface area is 265 Å². The van der Waals surface area contributed by atoms with Gasteiger partial charge in [-0.15, -0.1) is 11.3 Å². The van der Waals surface area contributed by atoms with Crippen molar-refractivity contribution in [2.45, 2.75) is 31.6 Å². The molecule has 5 aromatic rings. The normalized spacial score (nSPS) is 14.1. The first-order valence-corrected chi connectivity index (χ1v) is 16.8. The van der Waals surface area contributed by atoms with Gasteiger partial charge in [0.25, 0.3) is 15.9 Å². The minimum Gasteiger partial charge on any atom is -0.365 e. The molecule has 0 aliphatic carbocycles. The Morgan fingerprint density at radius 1 is 1.04 bits per heavy atom. The lowest BCUT2D eigenvalue weighted by molar-refractivity contribution is 0.100. The highest BCUT2D eigenvalue weighted by molar-refractivity contribution is 7.90. The highest BCUT2D eigenvalue weighted by atomic mass is 32.2. The third-order valence-electron chi connectivity index (χ3n) is 8.02. The molecule has 0 spiro atoms. The number of aromatic nitrogens is 4. The number of rotatable bonds is 9. The summed E-state index contributed by atoms with van der Waals surface area (Å²) in [6, 6.07) is 12.0. The van der Waals surface area contributed by atoms with Crippen molar-refractivity contribution < 1.29 is 13.2 Å². The van der Waals surface area contributed by atoms with Gasteiger partial charge in [0.15, 0.2) is 5.69 Å². The van der Waals surface area contributed by atoms with Crippen LogP contribution >= 0.6 is 11.3 Å². The monoisotopic (exact) mass is 640 g/mol. The molecular weight excluding hydrogens is 609 g/mol. The summed E-state index contributed by atoms with van der Waals surface area (Å²) in [7, 11) is -3.79. The quantitative estimate of drug-likeness (QED) is 0.227. The molecule has 0 saturated carbocycles. The molecule has 1 aliphatic rings. The molecule has 2 aromatic carbocycles. The predicted molar refractivity (Wildman–Crippen MR) is 175 cm³/mol. The third-order valence-corrected chi connectivity index (χ3v) is 10.9. The molecular formula is C32H32N8O3S2. The highest BCUT2D eigenvalue weighted by Gasteiger charge is 2.23. The van der Waals surface area contributed by atoms with E-state index in [2.05, 4.69) is 29.6 Å². The smallest absolute Gasteiger partial charge is 0.268 e. The van der Waals surface area contributed by atoms with Crippen molar-refractivity contribution in [2.24, 2.45) is 5.73 Å². The topological polar surface area (TPSA) is 132 Å². The Hall–Kier alpha value is -4.64. The first kappa shape index (κ1) is 30.4. The zero-order valence-electron chi connectivity index (χ0n) is 25.0. The van der Waals surface area contributed by atoms with Crippen LogP contribution in [0.15, 0.2) is 66.0 Å². The van der Waals surface area contributed by atoms with Gasteiger partial charge in [-0.3, -0.25) is 9.69 Å². The van der Waals surface area contributed by atoms with Crippen molar-refractivity contribution in [2.75, 3.05) is 37.6 Å². The van der Waals surface area contributed by atoms with Crippen molar-refractivity contribution in [3.63, 3.8) is 0 Å². The molecule has 45 heavy (non-hydrogen) atoms. The van der Waals surface area contributed by atoms with Crippen molar-refractivity contribution >= 4 is 49.8 Å². The van der Waals surface area contributed by atoms with Gasteiger partial charge in [-0.1, -0.05) is 23.8 Å². The number of anilines is 1. The molecule has 1 saturated heterocycles. The van der Waals surface area contributed by atoms with Crippen LogP contribution in [0.2, 0.25) is 0 Å². The van der Waals surface area contributed by atoms with E-state index in [4.69, 9.17) is 12.3 Å². The van der Waals surface area contributed by atoms with E-state index in [9.17, 15) is 13.2 Å². The maximum atomic E-state index is 13.6. The number of nitrogens with two attached hydrogens (primary N) is 1. The van der Waals surface area contributed by atoms with Crippen molar-refractivity contribution in [1.82, 2.24) is 23.8 Å². The number of aryl methyl sites for hydroxylation is 3. The molecule has 6 rings (SSSR count). The summed E-state index contributed by atoms with van der Waals surface area (Å²) >= 11 is 1.24. The molecule has 3 aromatic heterocycles. The van der Waals surface area contributed by atoms with E-state index in [0.29, 0.717) is 39.2 Å². The zero-order valence-corrected chi connectivity index (χ0v) is 26.6. The van der Waals surface area contributed by atoms with Gasteiger partial charge < -0.3 is 10.6 Å². The first-order chi connectivity index (χ1) is 21.6.